The van der Waals surface area contributed by atoms with Gasteiger partial charge in [-0.25, -0.2) is 8.78 Å². The van der Waals surface area contributed by atoms with Gasteiger partial charge in [0.2, 0.25) is 0 Å². The maximum atomic E-state index is 13.3. The summed E-state index contributed by atoms with van der Waals surface area (Å²) < 4.78 is 26.3. The van der Waals surface area contributed by atoms with Crippen LogP contribution in [0.5, 0.6) is 0 Å². The monoisotopic (exact) mass is 348 g/mol. The highest BCUT2D eigenvalue weighted by molar-refractivity contribution is 5.80. The molecular formula is C17H18F2N4O2. The zero-order valence-corrected chi connectivity index (χ0v) is 13.8. The van der Waals surface area contributed by atoms with E-state index in [1.807, 2.05) is 0 Å². The average molecular weight is 348 g/mol. The van der Waals surface area contributed by atoms with Crippen molar-refractivity contribution < 1.29 is 13.7 Å². The summed E-state index contributed by atoms with van der Waals surface area (Å²) in [5.74, 6) is -1.38. The number of non-ortho nitro benzene ring substituents is 1. The van der Waals surface area contributed by atoms with Gasteiger partial charge in [-0.05, 0) is 30.2 Å². The first kappa shape index (κ1) is 18.3. The molecule has 1 unspecified atom stereocenters. The molecule has 0 aliphatic heterocycles. The molecule has 0 radical (unpaired) electrons. The van der Waals surface area contributed by atoms with Crippen molar-refractivity contribution in [2.75, 3.05) is 7.05 Å². The van der Waals surface area contributed by atoms with Crippen LogP contribution in [-0.2, 0) is 6.54 Å². The van der Waals surface area contributed by atoms with Crippen molar-refractivity contribution in [1.29, 1.82) is 0 Å². The Balaban J connectivity index is 1.99. The van der Waals surface area contributed by atoms with Gasteiger partial charge in [-0.15, -0.1) is 0 Å². The van der Waals surface area contributed by atoms with E-state index in [9.17, 15) is 18.9 Å². The summed E-state index contributed by atoms with van der Waals surface area (Å²) in [7, 11) is 1.57. The quantitative estimate of drug-likeness (QED) is 0.376. The molecule has 0 saturated heterocycles. The molecule has 2 aromatic carbocycles. The molecule has 0 aliphatic carbocycles. The van der Waals surface area contributed by atoms with Crippen molar-refractivity contribution in [2.24, 2.45) is 4.99 Å². The number of halogens is 2. The Labute approximate surface area is 143 Å². The third-order valence-corrected chi connectivity index (χ3v) is 3.60. The number of aliphatic imine (C=N–C) groups is 1. The second kappa shape index (κ2) is 8.18. The molecule has 0 aromatic heterocycles. The van der Waals surface area contributed by atoms with Crippen LogP contribution < -0.4 is 10.6 Å². The van der Waals surface area contributed by atoms with Crippen LogP contribution in [0.25, 0.3) is 0 Å². The first-order valence-corrected chi connectivity index (χ1v) is 7.56. The Bertz CT molecular complexity index is 796. The van der Waals surface area contributed by atoms with E-state index in [0.717, 1.165) is 17.7 Å². The number of rotatable bonds is 5. The molecule has 1 atom stereocenters. The standard InChI is InChI=1S/C17H18F2N4O2/c1-11(13-6-7-15(18)16(19)9-13)22-17(20-2)21-10-12-4-3-5-14(8-12)23(24)25/h3-9,11H,10H2,1-2H3,(H2,20,21,22). The number of nitrogens with one attached hydrogen (secondary N) is 2. The maximum absolute atomic E-state index is 13.3. The SMILES string of the molecule is CN=C(NCc1cccc([N+](=O)[O-])c1)NC(C)c1ccc(F)c(F)c1. The first-order chi connectivity index (χ1) is 11.9. The first-order valence-electron chi connectivity index (χ1n) is 7.56. The van der Waals surface area contributed by atoms with Crippen molar-refractivity contribution in [3.63, 3.8) is 0 Å². The van der Waals surface area contributed by atoms with E-state index in [1.54, 1.807) is 26.1 Å². The van der Waals surface area contributed by atoms with Gasteiger partial charge in [0, 0.05) is 25.7 Å². The van der Waals surface area contributed by atoms with Crippen LogP contribution in [0.3, 0.4) is 0 Å². The van der Waals surface area contributed by atoms with Crippen molar-refractivity contribution in [3.05, 3.63) is 75.3 Å². The van der Waals surface area contributed by atoms with E-state index >= 15 is 0 Å². The number of guanidine groups is 1. The summed E-state index contributed by atoms with van der Waals surface area (Å²) in [5, 5.41) is 16.9. The molecule has 132 valence electrons. The molecular weight excluding hydrogens is 330 g/mol. The Hall–Kier alpha value is -3.03. The van der Waals surface area contributed by atoms with E-state index in [1.165, 1.54) is 18.2 Å². The fraction of sp³-hybridized carbons (Fsp3) is 0.235. The number of nitrogens with zero attached hydrogens (tertiary/aromatic N) is 2. The van der Waals surface area contributed by atoms with Crippen LogP contribution in [0, 0.1) is 21.7 Å². The van der Waals surface area contributed by atoms with Crippen LogP contribution in [0.15, 0.2) is 47.5 Å². The van der Waals surface area contributed by atoms with E-state index in [-0.39, 0.29) is 11.7 Å². The average Bonchev–Trinajstić information content (AvgIpc) is 2.60. The smallest absolute Gasteiger partial charge is 0.269 e. The maximum Gasteiger partial charge on any atom is 0.269 e. The number of nitro groups is 1. The Kier molecular flexibility index (Phi) is 5.99. The summed E-state index contributed by atoms with van der Waals surface area (Å²) in [6.45, 7) is 2.11. The summed E-state index contributed by atoms with van der Waals surface area (Å²) in [6.07, 6.45) is 0. The zero-order chi connectivity index (χ0) is 18.4. The van der Waals surface area contributed by atoms with Gasteiger partial charge >= 0.3 is 0 Å². The molecule has 0 saturated carbocycles. The molecule has 8 heteroatoms. The van der Waals surface area contributed by atoms with Crippen LogP contribution in [0.1, 0.15) is 24.1 Å². The van der Waals surface area contributed by atoms with Gasteiger partial charge in [-0.2, -0.15) is 0 Å². The fourth-order valence-electron chi connectivity index (χ4n) is 2.23. The lowest BCUT2D eigenvalue weighted by Gasteiger charge is -2.18. The molecule has 25 heavy (non-hydrogen) atoms. The highest BCUT2D eigenvalue weighted by Gasteiger charge is 2.11. The lowest BCUT2D eigenvalue weighted by Crippen LogP contribution is -2.38. The van der Waals surface area contributed by atoms with Gasteiger partial charge < -0.3 is 10.6 Å². The minimum atomic E-state index is -0.911. The van der Waals surface area contributed by atoms with Gasteiger partial charge in [-0.3, -0.25) is 15.1 Å². The van der Waals surface area contributed by atoms with Crippen molar-refractivity contribution in [1.82, 2.24) is 10.6 Å². The summed E-state index contributed by atoms with van der Waals surface area (Å²) in [5.41, 5.74) is 1.30. The van der Waals surface area contributed by atoms with Gasteiger partial charge in [0.05, 0.1) is 11.0 Å². The zero-order valence-electron chi connectivity index (χ0n) is 13.8. The highest BCUT2D eigenvalue weighted by atomic mass is 19.2. The topological polar surface area (TPSA) is 79.6 Å². The minimum Gasteiger partial charge on any atom is -0.352 e. The van der Waals surface area contributed by atoms with Gasteiger partial charge in [0.1, 0.15) is 0 Å². The highest BCUT2D eigenvalue weighted by Crippen LogP contribution is 2.16. The molecule has 6 nitrogen and oxygen atoms in total. The van der Waals surface area contributed by atoms with Crippen molar-refractivity contribution in [3.8, 4) is 0 Å². The molecule has 0 heterocycles. The van der Waals surface area contributed by atoms with E-state index in [4.69, 9.17) is 0 Å². The summed E-state index contributed by atoms with van der Waals surface area (Å²) >= 11 is 0. The summed E-state index contributed by atoms with van der Waals surface area (Å²) in [6, 6.07) is 9.63. The van der Waals surface area contributed by atoms with Crippen LogP contribution in [-0.4, -0.2) is 17.9 Å². The van der Waals surface area contributed by atoms with Crippen LogP contribution >= 0.6 is 0 Å². The Morgan fingerprint density at radius 1 is 1.24 bits per heavy atom. The predicted molar refractivity (Wildman–Crippen MR) is 91.2 cm³/mol. The van der Waals surface area contributed by atoms with Crippen LogP contribution in [0.2, 0.25) is 0 Å². The lowest BCUT2D eigenvalue weighted by atomic mass is 10.1. The van der Waals surface area contributed by atoms with E-state index < -0.39 is 16.6 Å². The molecule has 0 fully saturated rings. The van der Waals surface area contributed by atoms with Gasteiger partial charge in [0.15, 0.2) is 17.6 Å². The summed E-state index contributed by atoms with van der Waals surface area (Å²) in [4.78, 5) is 14.4. The molecule has 0 bridgehead atoms. The van der Waals surface area contributed by atoms with Gasteiger partial charge in [0.25, 0.3) is 5.69 Å². The van der Waals surface area contributed by atoms with Crippen LogP contribution in [0.4, 0.5) is 14.5 Å². The minimum absolute atomic E-state index is 0.0115. The molecule has 0 amide bonds. The van der Waals surface area contributed by atoms with Gasteiger partial charge in [-0.1, -0.05) is 18.2 Å². The molecule has 0 aliphatic rings. The molecule has 0 spiro atoms. The second-order valence-corrected chi connectivity index (χ2v) is 5.39. The number of benzene rings is 2. The predicted octanol–water partition coefficient (Wildman–Crippen LogP) is 3.30. The Morgan fingerprint density at radius 2 is 2.00 bits per heavy atom. The molecule has 2 rings (SSSR count). The van der Waals surface area contributed by atoms with Crippen molar-refractivity contribution in [2.45, 2.75) is 19.5 Å². The third kappa shape index (κ3) is 4.97. The number of nitro benzene ring substituents is 1. The number of hydrogen-bond donors (Lipinski definition) is 2. The number of hydrogen-bond acceptors (Lipinski definition) is 3. The second-order valence-electron chi connectivity index (χ2n) is 5.39. The fourth-order valence-corrected chi connectivity index (χ4v) is 2.23. The largest absolute Gasteiger partial charge is 0.352 e. The van der Waals surface area contributed by atoms with E-state index in [2.05, 4.69) is 15.6 Å². The Morgan fingerprint density at radius 3 is 2.64 bits per heavy atom. The molecule has 2 N–H and O–H groups in total. The van der Waals surface area contributed by atoms with E-state index in [0.29, 0.717) is 18.1 Å². The normalized spacial score (nSPS) is 12.6. The lowest BCUT2D eigenvalue weighted by molar-refractivity contribution is -0.384. The third-order valence-electron chi connectivity index (χ3n) is 3.60. The van der Waals surface area contributed by atoms with Crippen molar-refractivity contribution >= 4 is 11.6 Å². The molecule has 2 aromatic rings.